The number of nitrogens with one attached hydrogen (secondary N) is 1. The molecule has 5 aromatic heterocycles. The third-order valence-corrected chi connectivity index (χ3v) is 11.2. The van der Waals surface area contributed by atoms with Crippen LogP contribution in [-0.2, 0) is 9.31 Å². The molecular weight excluding hydrogens is 1010 g/mol. The molecule has 15 heteroatoms. The van der Waals surface area contributed by atoms with E-state index in [2.05, 4.69) is 173 Å². The summed E-state index contributed by atoms with van der Waals surface area (Å²) < 4.78 is 17.9. The molecular formula is C54H42BBr2ClN9O2+. The van der Waals surface area contributed by atoms with Gasteiger partial charge in [0.2, 0.25) is 12.3 Å². The maximum absolute atomic E-state index is 6.12. The van der Waals surface area contributed by atoms with Crippen LogP contribution in [0, 0.1) is 59.2 Å². The van der Waals surface area contributed by atoms with Crippen molar-refractivity contribution in [1.82, 2.24) is 39.9 Å². The molecule has 69 heavy (non-hydrogen) atoms. The van der Waals surface area contributed by atoms with E-state index in [4.69, 9.17) is 20.9 Å². The number of rotatable bonds is 3. The summed E-state index contributed by atoms with van der Waals surface area (Å²) in [6.07, 6.45) is 13.2. The molecule has 0 atom stereocenters. The first-order valence-electron chi connectivity index (χ1n) is 21.1. The Labute approximate surface area is 424 Å². The topological polar surface area (TPSA) is 117 Å². The number of benzene rings is 3. The van der Waals surface area contributed by atoms with E-state index < -0.39 is 0 Å². The fourth-order valence-electron chi connectivity index (χ4n) is 5.98. The lowest BCUT2D eigenvalue weighted by Crippen LogP contribution is -2.41. The van der Waals surface area contributed by atoms with Crippen molar-refractivity contribution in [3.63, 3.8) is 0 Å². The molecule has 0 unspecified atom stereocenters. The third kappa shape index (κ3) is 15.0. The van der Waals surface area contributed by atoms with Crippen molar-refractivity contribution in [3.05, 3.63) is 154 Å². The van der Waals surface area contributed by atoms with Gasteiger partial charge in [0.1, 0.15) is 5.15 Å². The predicted molar refractivity (Wildman–Crippen MR) is 286 cm³/mol. The van der Waals surface area contributed by atoms with Crippen LogP contribution in [-0.4, -0.2) is 59.0 Å². The number of fused-ring (bicyclic) bond motifs is 3. The minimum atomic E-state index is -0.356. The summed E-state index contributed by atoms with van der Waals surface area (Å²) in [5, 5.41) is 15.6. The number of halogens is 3. The molecule has 1 saturated heterocycles. The zero-order chi connectivity index (χ0) is 49.1. The second-order valence-corrected chi connectivity index (χ2v) is 17.5. The van der Waals surface area contributed by atoms with Crippen LogP contribution in [0.1, 0.15) is 41.5 Å². The molecule has 11 nitrogen and oxygen atoms in total. The van der Waals surface area contributed by atoms with Crippen molar-refractivity contribution < 1.29 is 9.31 Å². The van der Waals surface area contributed by atoms with E-state index >= 15 is 0 Å². The summed E-state index contributed by atoms with van der Waals surface area (Å²) in [6.45, 7) is 11.7. The molecule has 3 aromatic carbocycles. The maximum atomic E-state index is 6.12. The number of nitrogens with zero attached hydrogens (tertiary/aromatic N) is 8. The second kappa shape index (κ2) is 25.0. The smallest absolute Gasteiger partial charge is 0.399 e. The Hall–Kier alpha value is -7.54. The summed E-state index contributed by atoms with van der Waals surface area (Å²) in [7, 11) is -0.356. The standard InChI is InChI=1S/C18H20BN3O2.C12H8BrN3.C12H6.C9H5BrClN.C3H3N2/c1-17(2)18(3,4)24-19(23-17)14-7-8-15-13(12-14)6-9-16(21-15)22-11-5-10-20-22;13-10-3-4-11-9(8-10)2-5-12(15-11)16-7-1-6-14-16;1-3-5-7-9-11-12-10-8-6-4-2;10-7-2-3-8-6(5-7)1-4-9(11)12-8;1-2-4-5-3-1/h5-12H,1-4H3;1-8H;1-2H3;1-5H;1-2H,(H,4,5)/q;;;;+1. The molecule has 0 aliphatic carbocycles. The highest BCUT2D eigenvalue weighted by Gasteiger charge is 2.51. The molecule has 0 amide bonds. The van der Waals surface area contributed by atoms with Gasteiger partial charge in [-0.15, -0.1) is 0 Å². The number of aromatic nitrogens is 7. The Morgan fingerprint density at radius 1 is 0.594 bits per heavy atom. The summed E-state index contributed by atoms with van der Waals surface area (Å²) in [4.78, 5) is 13.4. The quantitative estimate of drug-likeness (QED) is 0.0805. The Morgan fingerprint density at radius 3 is 1.49 bits per heavy atom. The first-order valence-corrected chi connectivity index (χ1v) is 23.1. The monoisotopic (exact) mass is 1050 g/mol. The normalized spacial score (nSPS) is 12.7. The van der Waals surface area contributed by atoms with E-state index in [0.717, 1.165) is 58.8 Å². The minimum absolute atomic E-state index is 0.338. The van der Waals surface area contributed by atoms with Crippen LogP contribution in [0.2, 0.25) is 5.15 Å². The van der Waals surface area contributed by atoms with Crippen LogP contribution < -0.4 is 10.9 Å². The van der Waals surface area contributed by atoms with Crippen LogP contribution in [0.25, 0.3) is 44.3 Å². The first-order chi connectivity index (χ1) is 33.4. The van der Waals surface area contributed by atoms with E-state index in [-0.39, 0.29) is 18.3 Å². The van der Waals surface area contributed by atoms with Crippen molar-refractivity contribution in [1.29, 1.82) is 0 Å². The molecule has 0 radical (unpaired) electrons. The van der Waals surface area contributed by atoms with Gasteiger partial charge in [-0.05, 0) is 191 Å². The fraction of sp³-hybridized carbons (Fsp3) is 0.148. The molecule has 2 aliphatic rings. The highest BCUT2D eigenvalue weighted by Crippen LogP contribution is 2.36. The van der Waals surface area contributed by atoms with Gasteiger partial charge < -0.3 is 9.31 Å². The number of hydrogen-bond acceptors (Lipinski definition) is 9. The number of hydrogen-bond donors (Lipinski definition) is 1. The zero-order valence-electron chi connectivity index (χ0n) is 38.4. The zero-order valence-corrected chi connectivity index (χ0v) is 42.3. The Morgan fingerprint density at radius 2 is 1.06 bits per heavy atom. The molecule has 10 rings (SSSR count). The van der Waals surface area contributed by atoms with Crippen molar-refractivity contribution >= 4 is 95.0 Å². The lowest BCUT2D eigenvalue weighted by molar-refractivity contribution is 0.00578. The molecule has 7 heterocycles. The van der Waals surface area contributed by atoms with E-state index in [1.54, 1.807) is 53.9 Å². The molecule has 0 saturated carbocycles. The van der Waals surface area contributed by atoms with Gasteiger partial charge in [-0.3, -0.25) is 0 Å². The van der Waals surface area contributed by atoms with Crippen LogP contribution >= 0.6 is 43.5 Å². The van der Waals surface area contributed by atoms with Crippen LogP contribution in [0.15, 0.2) is 154 Å². The van der Waals surface area contributed by atoms with E-state index in [1.807, 2.05) is 97.3 Å². The van der Waals surface area contributed by atoms with Gasteiger partial charge in [0.15, 0.2) is 17.8 Å². The molecule has 338 valence electrons. The van der Waals surface area contributed by atoms with Gasteiger partial charge in [0.05, 0.1) is 27.8 Å². The Bertz CT molecular complexity index is 3340. The van der Waals surface area contributed by atoms with Gasteiger partial charge in [0.25, 0.3) is 0 Å². The fourth-order valence-corrected chi connectivity index (χ4v) is 6.89. The maximum Gasteiger partial charge on any atom is 0.494 e. The van der Waals surface area contributed by atoms with Gasteiger partial charge in [0, 0.05) is 49.6 Å². The number of hydrazone groups is 1. The molecule has 1 fully saturated rings. The summed E-state index contributed by atoms with van der Waals surface area (Å²) in [5.41, 5.74) is 5.70. The predicted octanol–water partition coefficient (Wildman–Crippen LogP) is 10.6. The molecule has 0 bridgehead atoms. The molecule has 8 aromatic rings. The third-order valence-electron chi connectivity index (χ3n) is 10.0. The van der Waals surface area contributed by atoms with Crippen LogP contribution in [0.3, 0.4) is 0 Å². The lowest BCUT2D eigenvalue weighted by atomic mass is 9.78. The van der Waals surface area contributed by atoms with Crippen molar-refractivity contribution in [2.45, 2.75) is 52.7 Å². The van der Waals surface area contributed by atoms with E-state index in [1.165, 1.54) is 0 Å². The Kier molecular flexibility index (Phi) is 18.4. The summed E-state index contributed by atoms with van der Waals surface area (Å²) >= 11 is 12.6. The van der Waals surface area contributed by atoms with Crippen molar-refractivity contribution in [3.8, 4) is 70.8 Å². The van der Waals surface area contributed by atoms with Crippen LogP contribution in [0.4, 0.5) is 0 Å². The SMILES string of the molecule is Brc1ccc2nc(-n3cccn3)ccc2c1.CC#CC#CC#CC#CC#CC.CC1(C)OB(c2ccc3nc(-n4cccn4)ccc3c2)OC1(C)C.Clc1ccc2cc(Br)ccc2n1.[C+]1=NNC=C1. The number of pyridine rings is 3. The largest absolute Gasteiger partial charge is 0.494 e. The van der Waals surface area contributed by atoms with Gasteiger partial charge in [-0.1, -0.05) is 67.4 Å². The van der Waals surface area contributed by atoms with Crippen LogP contribution in [0.5, 0.6) is 0 Å². The molecule has 1 N–H and O–H groups in total. The first kappa shape index (κ1) is 50.9. The highest BCUT2D eigenvalue weighted by molar-refractivity contribution is 9.10. The average Bonchev–Trinajstić information content (AvgIpc) is 4.21. The van der Waals surface area contributed by atoms with Crippen molar-refractivity contribution in [2.24, 2.45) is 5.10 Å². The van der Waals surface area contributed by atoms with Gasteiger partial charge in [-0.2, -0.15) is 15.6 Å². The number of allylic oxidation sites excluding steroid dienone is 1. The minimum Gasteiger partial charge on any atom is -0.399 e. The van der Waals surface area contributed by atoms with E-state index in [9.17, 15) is 0 Å². The van der Waals surface area contributed by atoms with Gasteiger partial charge in [-0.25, -0.2) is 24.3 Å². The highest BCUT2D eigenvalue weighted by atomic mass is 79.9. The van der Waals surface area contributed by atoms with Crippen molar-refractivity contribution in [2.75, 3.05) is 0 Å². The summed E-state index contributed by atoms with van der Waals surface area (Å²) in [6, 6.07) is 33.6. The summed E-state index contributed by atoms with van der Waals surface area (Å²) in [5.74, 6) is 27.2. The average molecular weight is 1060 g/mol. The second-order valence-electron chi connectivity index (χ2n) is 15.3. The molecule has 0 spiro atoms. The molecule has 2 aliphatic heterocycles. The Balaban J connectivity index is 0.000000152. The van der Waals surface area contributed by atoms with Gasteiger partial charge >= 0.3 is 7.12 Å². The lowest BCUT2D eigenvalue weighted by Gasteiger charge is -2.32. The van der Waals surface area contributed by atoms with E-state index in [0.29, 0.717) is 5.15 Å².